The van der Waals surface area contributed by atoms with E-state index in [0.717, 1.165) is 11.1 Å². The van der Waals surface area contributed by atoms with E-state index in [4.69, 9.17) is 4.74 Å². The molecule has 2 heteroatoms. The van der Waals surface area contributed by atoms with Gasteiger partial charge < -0.3 is 4.74 Å². The molecule has 0 aromatic carbocycles. The third kappa shape index (κ3) is 5.57. The van der Waals surface area contributed by atoms with E-state index in [1.807, 2.05) is 34.6 Å². The Morgan fingerprint density at radius 3 is 2.21 bits per heavy atom. The van der Waals surface area contributed by atoms with Gasteiger partial charge in [0, 0.05) is 0 Å². The fourth-order valence-electron chi connectivity index (χ4n) is 1.12. The molecule has 80 valence electrons. The van der Waals surface area contributed by atoms with Gasteiger partial charge in [-0.3, -0.25) is 4.79 Å². The van der Waals surface area contributed by atoms with E-state index in [2.05, 4.69) is 6.08 Å². The van der Waals surface area contributed by atoms with Gasteiger partial charge >= 0.3 is 5.97 Å². The Bertz CT molecular complexity index is 255. The summed E-state index contributed by atoms with van der Waals surface area (Å²) >= 11 is 0. The largest absolute Gasteiger partial charge is 0.466 e. The summed E-state index contributed by atoms with van der Waals surface area (Å²) in [6.07, 6.45) is 2.47. The van der Waals surface area contributed by atoms with Crippen LogP contribution in [-0.4, -0.2) is 12.6 Å². The summed E-state index contributed by atoms with van der Waals surface area (Å²) in [6, 6.07) is 0. The molecule has 0 unspecified atom stereocenters. The van der Waals surface area contributed by atoms with Crippen LogP contribution in [0.25, 0.3) is 0 Å². The molecule has 0 aromatic rings. The fourth-order valence-corrected chi connectivity index (χ4v) is 1.12. The molecule has 0 rings (SSSR count). The van der Waals surface area contributed by atoms with Crippen molar-refractivity contribution in [2.24, 2.45) is 0 Å². The van der Waals surface area contributed by atoms with E-state index < -0.39 is 0 Å². The molecule has 2 nitrogen and oxygen atoms in total. The Morgan fingerprint density at radius 2 is 1.79 bits per heavy atom. The molecule has 0 aliphatic carbocycles. The first-order chi connectivity index (χ1) is 6.47. The molecular formula is C12H20O2. The van der Waals surface area contributed by atoms with Crippen LogP contribution in [0.3, 0.4) is 0 Å². The number of hydrogen-bond donors (Lipinski definition) is 0. The number of rotatable bonds is 4. The maximum atomic E-state index is 11.2. The van der Waals surface area contributed by atoms with Crippen molar-refractivity contribution in [3.63, 3.8) is 0 Å². The molecule has 0 heterocycles. The third-order valence-electron chi connectivity index (χ3n) is 1.89. The van der Waals surface area contributed by atoms with Gasteiger partial charge in [0.05, 0.1) is 13.0 Å². The van der Waals surface area contributed by atoms with E-state index in [0.29, 0.717) is 13.0 Å². The molecule has 0 N–H and O–H groups in total. The van der Waals surface area contributed by atoms with Gasteiger partial charge in [0.2, 0.25) is 0 Å². The Labute approximate surface area is 86.6 Å². The summed E-state index contributed by atoms with van der Waals surface area (Å²) < 4.78 is 4.87. The van der Waals surface area contributed by atoms with Crippen molar-refractivity contribution in [1.82, 2.24) is 0 Å². The van der Waals surface area contributed by atoms with Gasteiger partial charge in [-0.1, -0.05) is 22.8 Å². The van der Waals surface area contributed by atoms with Crippen LogP contribution in [-0.2, 0) is 9.53 Å². The fraction of sp³-hybridized carbons (Fsp3) is 0.583. The van der Waals surface area contributed by atoms with E-state index in [1.165, 1.54) is 5.57 Å². The van der Waals surface area contributed by atoms with Crippen molar-refractivity contribution < 1.29 is 9.53 Å². The lowest BCUT2D eigenvalue weighted by Crippen LogP contribution is -2.04. The first-order valence-corrected chi connectivity index (χ1v) is 4.94. The lowest BCUT2D eigenvalue weighted by Gasteiger charge is -2.04. The summed E-state index contributed by atoms with van der Waals surface area (Å²) in [5, 5.41) is 0. The molecule has 0 fully saturated rings. The zero-order valence-electron chi connectivity index (χ0n) is 9.81. The Balaban J connectivity index is 4.37. The monoisotopic (exact) mass is 196 g/mol. The Morgan fingerprint density at radius 1 is 1.21 bits per heavy atom. The topological polar surface area (TPSA) is 26.3 Å². The minimum Gasteiger partial charge on any atom is -0.466 e. The molecule has 0 aliphatic rings. The quantitative estimate of drug-likeness (QED) is 0.509. The van der Waals surface area contributed by atoms with Crippen LogP contribution in [0.15, 0.2) is 22.8 Å². The highest BCUT2D eigenvalue weighted by Gasteiger charge is 2.04. The van der Waals surface area contributed by atoms with Crippen LogP contribution in [0.4, 0.5) is 0 Å². The maximum Gasteiger partial charge on any atom is 0.309 e. The first-order valence-electron chi connectivity index (χ1n) is 4.94. The van der Waals surface area contributed by atoms with Gasteiger partial charge in [-0.25, -0.2) is 0 Å². The predicted molar refractivity (Wildman–Crippen MR) is 59.1 cm³/mol. The average Bonchev–Trinajstić information content (AvgIpc) is 2.02. The highest BCUT2D eigenvalue weighted by Crippen LogP contribution is 2.11. The molecule has 14 heavy (non-hydrogen) atoms. The van der Waals surface area contributed by atoms with Gasteiger partial charge in [0.25, 0.3) is 0 Å². The molecule has 0 atom stereocenters. The van der Waals surface area contributed by atoms with E-state index in [9.17, 15) is 4.79 Å². The molecule has 0 bridgehead atoms. The molecule has 0 aliphatic heterocycles. The van der Waals surface area contributed by atoms with Crippen LogP contribution in [0.1, 0.15) is 41.0 Å². The van der Waals surface area contributed by atoms with Crippen molar-refractivity contribution in [3.8, 4) is 0 Å². The van der Waals surface area contributed by atoms with E-state index in [1.54, 1.807) is 0 Å². The summed E-state index contributed by atoms with van der Waals surface area (Å²) in [7, 11) is 0. The summed E-state index contributed by atoms with van der Waals surface area (Å²) in [6.45, 7) is 10.3. The second kappa shape index (κ2) is 6.41. The lowest BCUT2D eigenvalue weighted by atomic mass is 10.1. The van der Waals surface area contributed by atoms with Crippen molar-refractivity contribution in [2.75, 3.05) is 6.61 Å². The SMILES string of the molecule is CCOC(=O)C/C(C)=C(\C)C=C(C)C. The number of allylic oxidation sites excluding steroid dienone is 3. The van der Waals surface area contributed by atoms with Crippen LogP contribution in [0.5, 0.6) is 0 Å². The third-order valence-corrected chi connectivity index (χ3v) is 1.89. The molecule has 0 aromatic heterocycles. The van der Waals surface area contributed by atoms with Gasteiger partial charge in [-0.15, -0.1) is 0 Å². The highest BCUT2D eigenvalue weighted by molar-refractivity contribution is 5.72. The minimum atomic E-state index is -0.147. The second-order valence-corrected chi connectivity index (χ2v) is 3.67. The van der Waals surface area contributed by atoms with Crippen molar-refractivity contribution in [2.45, 2.75) is 41.0 Å². The van der Waals surface area contributed by atoms with Gasteiger partial charge in [-0.2, -0.15) is 0 Å². The Kier molecular flexibility index (Phi) is 5.93. The zero-order chi connectivity index (χ0) is 11.1. The normalized spacial score (nSPS) is 11.8. The Hall–Kier alpha value is -1.05. The smallest absolute Gasteiger partial charge is 0.309 e. The number of ether oxygens (including phenoxy) is 1. The minimum absolute atomic E-state index is 0.147. The van der Waals surface area contributed by atoms with Crippen molar-refractivity contribution in [1.29, 1.82) is 0 Å². The van der Waals surface area contributed by atoms with Crippen LogP contribution in [0, 0.1) is 0 Å². The lowest BCUT2D eigenvalue weighted by molar-refractivity contribution is -0.142. The molecule has 0 amide bonds. The second-order valence-electron chi connectivity index (χ2n) is 3.67. The number of hydrogen-bond acceptors (Lipinski definition) is 2. The average molecular weight is 196 g/mol. The predicted octanol–water partition coefficient (Wildman–Crippen LogP) is 3.24. The summed E-state index contributed by atoms with van der Waals surface area (Å²) in [5.74, 6) is -0.147. The molecule has 0 saturated heterocycles. The van der Waals surface area contributed by atoms with Gasteiger partial charge in [-0.05, 0) is 34.6 Å². The molecular weight excluding hydrogens is 176 g/mol. The highest BCUT2D eigenvalue weighted by atomic mass is 16.5. The molecule has 0 radical (unpaired) electrons. The summed E-state index contributed by atoms with van der Waals surface area (Å²) in [5.41, 5.74) is 3.47. The van der Waals surface area contributed by atoms with E-state index >= 15 is 0 Å². The maximum absolute atomic E-state index is 11.2. The first kappa shape index (κ1) is 12.9. The molecule has 0 saturated carbocycles. The van der Waals surface area contributed by atoms with Gasteiger partial charge in [0.15, 0.2) is 0 Å². The van der Waals surface area contributed by atoms with Crippen molar-refractivity contribution in [3.05, 3.63) is 22.8 Å². The van der Waals surface area contributed by atoms with Crippen LogP contribution < -0.4 is 0 Å². The van der Waals surface area contributed by atoms with Crippen LogP contribution >= 0.6 is 0 Å². The number of carbonyl (C=O) groups excluding carboxylic acids is 1. The van der Waals surface area contributed by atoms with E-state index in [-0.39, 0.29) is 5.97 Å². The number of esters is 1. The van der Waals surface area contributed by atoms with Crippen molar-refractivity contribution >= 4 is 5.97 Å². The molecule has 0 spiro atoms. The number of carbonyl (C=O) groups is 1. The standard InChI is InChI=1S/C12H20O2/c1-6-14-12(13)8-11(5)10(4)7-9(2)3/h7H,6,8H2,1-5H3/b11-10+. The summed E-state index contributed by atoms with van der Waals surface area (Å²) in [4.78, 5) is 11.2. The van der Waals surface area contributed by atoms with Gasteiger partial charge in [0.1, 0.15) is 0 Å². The zero-order valence-corrected chi connectivity index (χ0v) is 9.81. The van der Waals surface area contributed by atoms with Crippen LogP contribution in [0.2, 0.25) is 0 Å².